The van der Waals surface area contributed by atoms with Crippen LogP contribution in [0, 0.1) is 6.92 Å². The summed E-state index contributed by atoms with van der Waals surface area (Å²) in [6.07, 6.45) is 0. The molecule has 32 heavy (non-hydrogen) atoms. The molecule has 0 unspecified atom stereocenters. The van der Waals surface area contributed by atoms with Crippen LogP contribution in [0.5, 0.6) is 0 Å². The molecular formula is C28H21N3O. The van der Waals surface area contributed by atoms with E-state index in [1.165, 1.54) is 0 Å². The maximum absolute atomic E-state index is 13.1. The molecule has 0 bridgehead atoms. The summed E-state index contributed by atoms with van der Waals surface area (Å²) in [7, 11) is 0. The van der Waals surface area contributed by atoms with Crippen LogP contribution in [-0.4, -0.2) is 15.8 Å². The van der Waals surface area contributed by atoms with Gasteiger partial charge >= 0.3 is 0 Å². The molecule has 0 fully saturated rings. The van der Waals surface area contributed by atoms with Crippen LogP contribution in [0.1, 0.15) is 21.5 Å². The first-order valence-corrected chi connectivity index (χ1v) is 10.5. The second kappa shape index (κ2) is 8.44. The van der Waals surface area contributed by atoms with Crippen molar-refractivity contribution < 1.29 is 4.79 Å². The molecule has 0 spiro atoms. The first-order chi connectivity index (χ1) is 15.7. The predicted octanol–water partition coefficient (Wildman–Crippen LogP) is 6.58. The van der Waals surface area contributed by atoms with Gasteiger partial charge in [-0.3, -0.25) is 4.79 Å². The van der Waals surface area contributed by atoms with E-state index in [2.05, 4.69) is 18.3 Å². The van der Waals surface area contributed by atoms with Gasteiger partial charge in [-0.1, -0.05) is 84.4 Å². The molecule has 5 aromatic rings. The first kappa shape index (κ1) is 19.6. The summed E-state index contributed by atoms with van der Waals surface area (Å²) < 4.78 is 0. The summed E-state index contributed by atoms with van der Waals surface area (Å²) in [4.78, 5) is 22.7. The minimum absolute atomic E-state index is 0.0478. The monoisotopic (exact) mass is 415 g/mol. The zero-order valence-corrected chi connectivity index (χ0v) is 17.6. The average molecular weight is 415 g/mol. The first-order valence-electron chi connectivity index (χ1n) is 10.5. The summed E-state index contributed by atoms with van der Waals surface area (Å²) in [6, 6.07) is 33.0. The van der Waals surface area contributed by atoms with Gasteiger partial charge in [-0.25, -0.2) is 9.97 Å². The van der Waals surface area contributed by atoms with Gasteiger partial charge in [0.2, 0.25) is 5.95 Å². The third-order valence-electron chi connectivity index (χ3n) is 5.35. The Morgan fingerprint density at radius 3 is 2.22 bits per heavy atom. The molecule has 0 saturated heterocycles. The van der Waals surface area contributed by atoms with Crippen LogP contribution in [0.2, 0.25) is 0 Å². The Hall–Kier alpha value is -4.31. The van der Waals surface area contributed by atoms with Gasteiger partial charge in [-0.15, -0.1) is 0 Å². The van der Waals surface area contributed by atoms with Gasteiger partial charge < -0.3 is 5.32 Å². The van der Waals surface area contributed by atoms with Crippen molar-refractivity contribution in [2.45, 2.75) is 6.92 Å². The Morgan fingerprint density at radius 1 is 0.750 bits per heavy atom. The molecule has 1 heterocycles. The molecular weight excluding hydrogens is 394 g/mol. The lowest BCUT2D eigenvalue weighted by Crippen LogP contribution is -2.07. The number of hydrogen-bond donors (Lipinski definition) is 1. The molecule has 5 rings (SSSR count). The van der Waals surface area contributed by atoms with E-state index in [-0.39, 0.29) is 5.78 Å². The van der Waals surface area contributed by atoms with E-state index in [1.807, 2.05) is 97.1 Å². The SMILES string of the molecule is Cc1ccc2nc(Nc3ccccc3C(=O)c3ccccc3)nc(-c3ccccc3)c2c1. The summed E-state index contributed by atoms with van der Waals surface area (Å²) in [5.74, 6) is 0.405. The fourth-order valence-corrected chi connectivity index (χ4v) is 3.77. The van der Waals surface area contributed by atoms with Crippen molar-refractivity contribution in [1.82, 2.24) is 9.97 Å². The van der Waals surface area contributed by atoms with Crippen LogP contribution in [0.25, 0.3) is 22.2 Å². The molecule has 1 aromatic heterocycles. The maximum Gasteiger partial charge on any atom is 0.228 e. The summed E-state index contributed by atoms with van der Waals surface area (Å²) in [5.41, 5.74) is 5.76. The Labute approximate surface area is 186 Å². The third-order valence-corrected chi connectivity index (χ3v) is 5.35. The number of carbonyl (C=O) groups is 1. The molecule has 1 N–H and O–H groups in total. The number of nitrogens with zero attached hydrogens (tertiary/aromatic N) is 2. The molecule has 0 aliphatic carbocycles. The number of fused-ring (bicyclic) bond motifs is 1. The van der Waals surface area contributed by atoms with Crippen LogP contribution in [0.4, 0.5) is 11.6 Å². The van der Waals surface area contributed by atoms with E-state index >= 15 is 0 Å². The normalized spacial score (nSPS) is 10.8. The third kappa shape index (κ3) is 3.86. The molecule has 4 nitrogen and oxygen atoms in total. The molecule has 0 radical (unpaired) electrons. The summed E-state index contributed by atoms with van der Waals surface area (Å²) in [6.45, 7) is 2.06. The minimum atomic E-state index is -0.0478. The number of carbonyl (C=O) groups excluding carboxylic acids is 1. The van der Waals surface area contributed by atoms with Crippen molar-refractivity contribution in [3.05, 3.63) is 120 Å². The fraction of sp³-hybridized carbons (Fsp3) is 0.0357. The number of ketones is 1. The quantitative estimate of drug-likeness (QED) is 0.329. The van der Waals surface area contributed by atoms with Crippen LogP contribution in [0.15, 0.2) is 103 Å². The lowest BCUT2D eigenvalue weighted by Gasteiger charge is -2.13. The second-order valence-corrected chi connectivity index (χ2v) is 7.65. The van der Waals surface area contributed by atoms with E-state index < -0.39 is 0 Å². The maximum atomic E-state index is 13.1. The van der Waals surface area contributed by atoms with Crippen molar-refractivity contribution >= 4 is 28.3 Å². The van der Waals surface area contributed by atoms with Crippen molar-refractivity contribution in [3.8, 4) is 11.3 Å². The Morgan fingerprint density at radius 2 is 1.44 bits per heavy atom. The van der Waals surface area contributed by atoms with E-state index in [4.69, 9.17) is 9.97 Å². The van der Waals surface area contributed by atoms with Gasteiger partial charge in [0.25, 0.3) is 0 Å². The fourth-order valence-electron chi connectivity index (χ4n) is 3.77. The van der Waals surface area contributed by atoms with E-state index in [9.17, 15) is 4.79 Å². The lowest BCUT2D eigenvalue weighted by atomic mass is 10.0. The number of rotatable bonds is 5. The molecule has 0 atom stereocenters. The molecule has 0 saturated carbocycles. The van der Waals surface area contributed by atoms with Gasteiger partial charge in [0, 0.05) is 22.1 Å². The lowest BCUT2D eigenvalue weighted by molar-refractivity contribution is 0.103. The molecule has 4 heteroatoms. The van der Waals surface area contributed by atoms with Gasteiger partial charge in [0.15, 0.2) is 5.78 Å². The van der Waals surface area contributed by atoms with Crippen molar-refractivity contribution in [2.75, 3.05) is 5.32 Å². The largest absolute Gasteiger partial charge is 0.323 e. The minimum Gasteiger partial charge on any atom is -0.323 e. The van der Waals surface area contributed by atoms with Gasteiger partial charge in [-0.2, -0.15) is 0 Å². The smallest absolute Gasteiger partial charge is 0.228 e. The average Bonchev–Trinajstić information content (AvgIpc) is 2.85. The number of nitrogens with one attached hydrogen (secondary N) is 1. The van der Waals surface area contributed by atoms with Gasteiger partial charge in [0.05, 0.1) is 16.9 Å². The van der Waals surface area contributed by atoms with E-state index in [1.54, 1.807) is 0 Å². The van der Waals surface area contributed by atoms with Crippen molar-refractivity contribution in [3.63, 3.8) is 0 Å². The highest BCUT2D eigenvalue weighted by Gasteiger charge is 2.15. The summed E-state index contributed by atoms with van der Waals surface area (Å²) in [5, 5.41) is 4.29. The zero-order valence-electron chi connectivity index (χ0n) is 17.6. The van der Waals surface area contributed by atoms with Crippen LogP contribution >= 0.6 is 0 Å². The number of anilines is 2. The molecule has 154 valence electrons. The van der Waals surface area contributed by atoms with E-state index in [0.717, 1.165) is 27.7 Å². The molecule has 4 aromatic carbocycles. The van der Waals surface area contributed by atoms with Crippen LogP contribution in [0.3, 0.4) is 0 Å². The number of hydrogen-bond acceptors (Lipinski definition) is 4. The highest BCUT2D eigenvalue weighted by molar-refractivity contribution is 6.12. The van der Waals surface area contributed by atoms with Crippen molar-refractivity contribution in [1.29, 1.82) is 0 Å². The Bertz CT molecular complexity index is 1410. The van der Waals surface area contributed by atoms with Crippen LogP contribution in [-0.2, 0) is 0 Å². The van der Waals surface area contributed by atoms with E-state index in [0.29, 0.717) is 22.8 Å². The van der Waals surface area contributed by atoms with Crippen LogP contribution < -0.4 is 5.32 Å². The van der Waals surface area contributed by atoms with Gasteiger partial charge in [0.1, 0.15) is 0 Å². The number of para-hydroxylation sites is 1. The number of aromatic nitrogens is 2. The highest BCUT2D eigenvalue weighted by Crippen LogP contribution is 2.30. The molecule has 0 aliphatic heterocycles. The zero-order chi connectivity index (χ0) is 21.9. The Balaban J connectivity index is 1.60. The number of benzene rings is 4. The highest BCUT2D eigenvalue weighted by atomic mass is 16.1. The molecule has 0 aliphatic rings. The Kier molecular flexibility index (Phi) is 5.18. The standard InChI is InChI=1S/C28H21N3O/c1-19-16-17-25-23(18-19)26(20-10-4-2-5-11-20)31-28(30-25)29-24-15-9-8-14-22(24)27(32)21-12-6-3-7-13-21/h2-18H,1H3,(H,29,30,31). The number of aryl methyl sites for hydroxylation is 1. The second-order valence-electron chi connectivity index (χ2n) is 7.65. The molecule has 0 amide bonds. The van der Waals surface area contributed by atoms with Gasteiger partial charge in [-0.05, 0) is 31.2 Å². The predicted molar refractivity (Wildman–Crippen MR) is 129 cm³/mol. The van der Waals surface area contributed by atoms with Crippen molar-refractivity contribution in [2.24, 2.45) is 0 Å². The summed E-state index contributed by atoms with van der Waals surface area (Å²) >= 11 is 0. The topological polar surface area (TPSA) is 54.9 Å².